The summed E-state index contributed by atoms with van der Waals surface area (Å²) in [6.07, 6.45) is 3.76. The Balaban J connectivity index is 2.39. The maximum Gasteiger partial charge on any atom is 0.244 e. The summed E-state index contributed by atoms with van der Waals surface area (Å²) >= 11 is 0. The molecule has 0 unspecified atom stereocenters. The third-order valence-electron chi connectivity index (χ3n) is 3.16. The highest BCUT2D eigenvalue weighted by Gasteiger charge is 2.29. The molecule has 0 aliphatic heterocycles. The van der Waals surface area contributed by atoms with E-state index >= 15 is 0 Å². The minimum absolute atomic E-state index is 0.123. The molecule has 1 aromatic heterocycles. The SMILES string of the molecule is CCN(C)S(=O)(=O)c1cc(CO)n(C2CC2)c1. The Morgan fingerprint density at radius 3 is 2.65 bits per heavy atom. The van der Waals surface area contributed by atoms with E-state index in [9.17, 15) is 13.5 Å². The lowest BCUT2D eigenvalue weighted by Gasteiger charge is -2.13. The van der Waals surface area contributed by atoms with Crippen LogP contribution >= 0.6 is 0 Å². The van der Waals surface area contributed by atoms with Gasteiger partial charge in [-0.3, -0.25) is 0 Å². The van der Waals surface area contributed by atoms with Gasteiger partial charge in [0.2, 0.25) is 10.0 Å². The Bertz CT molecular complexity index is 503. The van der Waals surface area contributed by atoms with Crippen LogP contribution in [0.3, 0.4) is 0 Å². The molecule has 0 saturated heterocycles. The Kier molecular flexibility index (Phi) is 3.29. The first kappa shape index (κ1) is 12.6. The van der Waals surface area contributed by atoms with Crippen molar-refractivity contribution in [2.75, 3.05) is 13.6 Å². The summed E-state index contributed by atoms with van der Waals surface area (Å²) in [5.41, 5.74) is 0.676. The van der Waals surface area contributed by atoms with Crippen LogP contribution in [-0.4, -0.2) is 36.0 Å². The van der Waals surface area contributed by atoms with Crippen molar-refractivity contribution in [3.05, 3.63) is 18.0 Å². The maximum absolute atomic E-state index is 12.1. The highest BCUT2D eigenvalue weighted by atomic mass is 32.2. The van der Waals surface area contributed by atoms with E-state index < -0.39 is 10.0 Å². The zero-order valence-electron chi connectivity index (χ0n) is 10.1. The third kappa shape index (κ3) is 2.25. The van der Waals surface area contributed by atoms with Gasteiger partial charge in [-0.15, -0.1) is 0 Å². The molecule has 17 heavy (non-hydrogen) atoms. The van der Waals surface area contributed by atoms with Gasteiger partial charge in [0.1, 0.15) is 4.90 Å². The number of aliphatic hydroxyl groups excluding tert-OH is 1. The van der Waals surface area contributed by atoms with Gasteiger partial charge in [-0.2, -0.15) is 0 Å². The van der Waals surface area contributed by atoms with Crippen LogP contribution in [0.25, 0.3) is 0 Å². The molecule has 0 spiro atoms. The molecule has 0 aromatic carbocycles. The second-order valence-corrected chi connectivity index (χ2v) is 6.43. The normalized spacial score (nSPS) is 16.7. The maximum atomic E-state index is 12.1. The van der Waals surface area contributed by atoms with Gasteiger partial charge in [0, 0.05) is 31.5 Å². The van der Waals surface area contributed by atoms with Gasteiger partial charge >= 0.3 is 0 Å². The molecule has 1 aliphatic rings. The predicted octanol–water partition coefficient (Wildman–Crippen LogP) is 0.956. The molecule has 5 nitrogen and oxygen atoms in total. The highest BCUT2D eigenvalue weighted by Crippen LogP contribution is 2.37. The summed E-state index contributed by atoms with van der Waals surface area (Å²) in [6, 6.07) is 1.94. The smallest absolute Gasteiger partial charge is 0.244 e. The zero-order valence-corrected chi connectivity index (χ0v) is 10.9. The van der Waals surface area contributed by atoms with Gasteiger partial charge in [-0.05, 0) is 18.9 Å². The molecule has 0 radical (unpaired) electrons. The molecular formula is C11H18N2O3S. The minimum atomic E-state index is -3.41. The molecule has 0 atom stereocenters. The van der Waals surface area contributed by atoms with Crippen molar-refractivity contribution in [1.29, 1.82) is 0 Å². The summed E-state index contributed by atoms with van der Waals surface area (Å²) in [5.74, 6) is 0. The molecule has 1 heterocycles. The van der Waals surface area contributed by atoms with E-state index in [4.69, 9.17) is 0 Å². The fraction of sp³-hybridized carbons (Fsp3) is 0.636. The Morgan fingerprint density at radius 2 is 2.18 bits per heavy atom. The summed E-state index contributed by atoms with van der Waals surface area (Å²) < 4.78 is 27.4. The van der Waals surface area contributed by atoms with Crippen molar-refractivity contribution in [2.45, 2.75) is 37.3 Å². The van der Waals surface area contributed by atoms with Crippen molar-refractivity contribution in [2.24, 2.45) is 0 Å². The van der Waals surface area contributed by atoms with Gasteiger partial charge < -0.3 is 9.67 Å². The topological polar surface area (TPSA) is 62.5 Å². The average Bonchev–Trinajstić information content (AvgIpc) is 3.06. The Labute approximate surface area is 102 Å². The van der Waals surface area contributed by atoms with Gasteiger partial charge in [-0.1, -0.05) is 6.92 Å². The van der Waals surface area contributed by atoms with Crippen LogP contribution in [0.2, 0.25) is 0 Å². The molecule has 0 bridgehead atoms. The van der Waals surface area contributed by atoms with E-state index in [0.29, 0.717) is 18.3 Å². The Hall–Kier alpha value is -0.850. The molecule has 6 heteroatoms. The number of rotatable bonds is 5. The molecule has 0 amide bonds. The summed E-state index contributed by atoms with van der Waals surface area (Å²) in [5, 5.41) is 9.24. The van der Waals surface area contributed by atoms with E-state index in [1.54, 1.807) is 26.2 Å². The number of hydrogen-bond donors (Lipinski definition) is 1. The van der Waals surface area contributed by atoms with Crippen LogP contribution in [0, 0.1) is 0 Å². The second-order valence-electron chi connectivity index (χ2n) is 4.38. The van der Waals surface area contributed by atoms with Crippen molar-refractivity contribution < 1.29 is 13.5 Å². The number of sulfonamides is 1. The summed E-state index contributed by atoms with van der Waals surface area (Å²) in [7, 11) is -1.85. The number of aromatic nitrogens is 1. The first-order valence-corrected chi connectivity index (χ1v) is 7.22. The summed E-state index contributed by atoms with van der Waals surface area (Å²) in [4.78, 5) is 0.276. The van der Waals surface area contributed by atoms with E-state index in [2.05, 4.69) is 0 Å². The lowest BCUT2D eigenvalue weighted by atomic mass is 10.4. The van der Waals surface area contributed by atoms with E-state index in [1.807, 2.05) is 4.57 Å². The predicted molar refractivity (Wildman–Crippen MR) is 64.1 cm³/mol. The average molecular weight is 258 g/mol. The molecule has 1 aliphatic carbocycles. The third-order valence-corrected chi connectivity index (χ3v) is 5.06. The first-order chi connectivity index (χ1) is 8.00. The monoisotopic (exact) mass is 258 g/mol. The first-order valence-electron chi connectivity index (χ1n) is 5.78. The van der Waals surface area contributed by atoms with Crippen molar-refractivity contribution in [3.63, 3.8) is 0 Å². The van der Waals surface area contributed by atoms with Crippen LogP contribution in [0.4, 0.5) is 0 Å². The van der Waals surface area contributed by atoms with Crippen LogP contribution in [-0.2, 0) is 16.6 Å². The standard InChI is InChI=1S/C11H18N2O3S/c1-3-12(2)17(15,16)11-6-10(8-14)13(7-11)9-4-5-9/h6-7,9,14H,3-5,8H2,1-2H3. The molecule has 2 rings (SSSR count). The molecule has 1 N–H and O–H groups in total. The lowest BCUT2D eigenvalue weighted by molar-refractivity contribution is 0.270. The van der Waals surface area contributed by atoms with Gasteiger partial charge in [0.05, 0.1) is 6.61 Å². The van der Waals surface area contributed by atoms with Gasteiger partial charge in [0.15, 0.2) is 0 Å². The number of nitrogens with zero attached hydrogens (tertiary/aromatic N) is 2. The van der Waals surface area contributed by atoms with Crippen molar-refractivity contribution >= 4 is 10.0 Å². The van der Waals surface area contributed by atoms with E-state index in [0.717, 1.165) is 12.8 Å². The fourth-order valence-electron chi connectivity index (χ4n) is 1.81. The lowest BCUT2D eigenvalue weighted by Crippen LogP contribution is -2.26. The summed E-state index contributed by atoms with van der Waals surface area (Å²) in [6.45, 7) is 2.11. The van der Waals surface area contributed by atoms with Crippen LogP contribution in [0.5, 0.6) is 0 Å². The van der Waals surface area contributed by atoms with Crippen LogP contribution < -0.4 is 0 Å². The molecule has 1 aromatic rings. The Morgan fingerprint density at radius 1 is 1.53 bits per heavy atom. The van der Waals surface area contributed by atoms with Crippen LogP contribution in [0.15, 0.2) is 17.2 Å². The number of hydrogen-bond acceptors (Lipinski definition) is 3. The molecule has 96 valence electrons. The van der Waals surface area contributed by atoms with Crippen molar-refractivity contribution in [1.82, 2.24) is 8.87 Å². The molecule has 1 saturated carbocycles. The molecule has 1 fully saturated rings. The van der Waals surface area contributed by atoms with Gasteiger partial charge in [-0.25, -0.2) is 12.7 Å². The number of aliphatic hydroxyl groups is 1. The van der Waals surface area contributed by atoms with E-state index in [1.165, 1.54) is 4.31 Å². The molecular weight excluding hydrogens is 240 g/mol. The van der Waals surface area contributed by atoms with Crippen LogP contribution in [0.1, 0.15) is 31.5 Å². The minimum Gasteiger partial charge on any atom is -0.390 e. The van der Waals surface area contributed by atoms with Crippen molar-refractivity contribution in [3.8, 4) is 0 Å². The second kappa shape index (κ2) is 4.44. The quantitative estimate of drug-likeness (QED) is 0.855. The highest BCUT2D eigenvalue weighted by molar-refractivity contribution is 7.89. The van der Waals surface area contributed by atoms with Gasteiger partial charge in [0.25, 0.3) is 0 Å². The fourth-order valence-corrected chi connectivity index (χ4v) is 3.04. The largest absolute Gasteiger partial charge is 0.390 e. The van der Waals surface area contributed by atoms with E-state index in [-0.39, 0.29) is 11.5 Å². The zero-order chi connectivity index (χ0) is 12.6.